The van der Waals surface area contributed by atoms with Crippen molar-refractivity contribution in [3.63, 3.8) is 0 Å². The van der Waals surface area contributed by atoms with Crippen LogP contribution in [0.1, 0.15) is 33.6 Å². The predicted octanol–water partition coefficient (Wildman–Crippen LogP) is 1.08. The molecule has 1 rings (SSSR count). The van der Waals surface area contributed by atoms with E-state index in [0.29, 0.717) is 26.1 Å². The number of nitrogens with one attached hydrogen (secondary N) is 1. The first-order valence-corrected chi connectivity index (χ1v) is 7.03. The van der Waals surface area contributed by atoms with E-state index in [2.05, 4.69) is 5.32 Å². The van der Waals surface area contributed by atoms with E-state index in [0.717, 1.165) is 0 Å². The molecule has 1 unspecified atom stereocenters. The zero-order valence-corrected chi connectivity index (χ0v) is 13.4. The summed E-state index contributed by atoms with van der Waals surface area (Å²) in [6, 6.07) is -0.961. The van der Waals surface area contributed by atoms with Gasteiger partial charge >= 0.3 is 12.1 Å². The fraction of sp³-hybridized carbons (Fsp3) is 0.857. The van der Waals surface area contributed by atoms with Crippen molar-refractivity contribution in [1.82, 2.24) is 10.2 Å². The van der Waals surface area contributed by atoms with E-state index in [1.165, 1.54) is 0 Å². The Balaban J connectivity index is 2.54. The van der Waals surface area contributed by atoms with Crippen molar-refractivity contribution in [2.24, 2.45) is 0 Å². The van der Waals surface area contributed by atoms with Crippen LogP contribution in [0.5, 0.6) is 0 Å². The molecule has 7 nitrogen and oxygen atoms in total. The van der Waals surface area contributed by atoms with E-state index in [9.17, 15) is 14.7 Å². The molecule has 0 bridgehead atoms. The van der Waals surface area contributed by atoms with Crippen LogP contribution in [0.4, 0.5) is 4.79 Å². The Kier molecular flexibility index (Phi) is 5.58. The minimum Gasteiger partial charge on any atom is -0.480 e. The summed E-state index contributed by atoms with van der Waals surface area (Å²) in [5, 5.41) is 11.6. The third kappa shape index (κ3) is 5.17. The van der Waals surface area contributed by atoms with Gasteiger partial charge in [-0.15, -0.1) is 0 Å². The fourth-order valence-electron chi connectivity index (χ4n) is 2.08. The number of carboxylic acids is 1. The van der Waals surface area contributed by atoms with Gasteiger partial charge in [-0.2, -0.15) is 0 Å². The molecule has 122 valence electrons. The van der Waals surface area contributed by atoms with E-state index in [4.69, 9.17) is 9.47 Å². The summed E-state index contributed by atoms with van der Waals surface area (Å²) in [5.74, 6) is -1.06. The standard InChI is InChI=1S/C14H26N2O5/c1-13(2,3)21-12(19)15-10(11(17)18)6-7-14(16(4)5)8-20-9-14/h10H,6-9H2,1-5H3,(H,15,19)(H,17,18). The molecule has 1 aliphatic rings. The van der Waals surface area contributed by atoms with E-state index in [1.807, 2.05) is 19.0 Å². The van der Waals surface area contributed by atoms with Gasteiger partial charge in [0, 0.05) is 0 Å². The molecule has 0 aliphatic carbocycles. The second-order valence-electron chi connectivity index (χ2n) is 6.69. The van der Waals surface area contributed by atoms with E-state index >= 15 is 0 Å². The summed E-state index contributed by atoms with van der Waals surface area (Å²) in [6.07, 6.45) is 0.252. The number of nitrogens with zero attached hydrogens (tertiary/aromatic N) is 1. The monoisotopic (exact) mass is 302 g/mol. The fourth-order valence-corrected chi connectivity index (χ4v) is 2.08. The highest BCUT2D eigenvalue weighted by Crippen LogP contribution is 2.28. The molecule has 1 amide bonds. The molecule has 1 fully saturated rings. The number of aliphatic carboxylic acids is 1. The third-order valence-electron chi connectivity index (χ3n) is 3.58. The van der Waals surface area contributed by atoms with Crippen molar-refractivity contribution in [2.75, 3.05) is 27.3 Å². The molecule has 0 aromatic rings. The first-order valence-electron chi connectivity index (χ1n) is 7.03. The lowest BCUT2D eigenvalue weighted by atomic mass is 9.88. The number of carboxylic acid groups (broad SMARTS) is 1. The highest BCUT2D eigenvalue weighted by atomic mass is 16.6. The molecular weight excluding hydrogens is 276 g/mol. The van der Waals surface area contributed by atoms with Crippen LogP contribution in [0.3, 0.4) is 0 Å². The average Bonchev–Trinajstić information content (AvgIpc) is 2.22. The van der Waals surface area contributed by atoms with E-state index in [1.54, 1.807) is 20.8 Å². The number of likely N-dealkylation sites (N-methyl/N-ethyl adjacent to an activating group) is 1. The molecule has 0 aromatic carbocycles. The second-order valence-corrected chi connectivity index (χ2v) is 6.69. The molecule has 0 aromatic heterocycles. The summed E-state index contributed by atoms with van der Waals surface area (Å²) in [6.45, 7) is 6.36. The number of alkyl carbamates (subject to hydrolysis) is 1. The molecule has 1 saturated heterocycles. The second kappa shape index (κ2) is 6.62. The van der Waals surface area contributed by atoms with Crippen molar-refractivity contribution in [3.05, 3.63) is 0 Å². The Morgan fingerprint density at radius 1 is 1.38 bits per heavy atom. The summed E-state index contributed by atoms with van der Waals surface area (Å²) in [7, 11) is 3.89. The lowest BCUT2D eigenvalue weighted by Crippen LogP contribution is -2.60. The van der Waals surface area contributed by atoms with Crippen molar-refractivity contribution in [2.45, 2.75) is 50.8 Å². The Bertz CT molecular complexity index is 385. The molecular formula is C14H26N2O5. The van der Waals surface area contributed by atoms with Crippen molar-refractivity contribution >= 4 is 12.1 Å². The van der Waals surface area contributed by atoms with Gasteiger partial charge < -0.3 is 19.9 Å². The molecule has 7 heteroatoms. The van der Waals surface area contributed by atoms with Crippen molar-refractivity contribution in [1.29, 1.82) is 0 Å². The summed E-state index contributed by atoms with van der Waals surface area (Å²) in [4.78, 5) is 25.0. The Hall–Kier alpha value is -1.34. The van der Waals surface area contributed by atoms with E-state index < -0.39 is 23.7 Å². The molecule has 21 heavy (non-hydrogen) atoms. The van der Waals surface area contributed by atoms with Gasteiger partial charge in [-0.25, -0.2) is 9.59 Å². The topological polar surface area (TPSA) is 88.1 Å². The van der Waals surface area contributed by atoms with Gasteiger partial charge in [0.05, 0.1) is 18.8 Å². The summed E-state index contributed by atoms with van der Waals surface area (Å²) >= 11 is 0. The lowest BCUT2D eigenvalue weighted by Gasteiger charge is -2.47. The number of amides is 1. The SMILES string of the molecule is CN(C)C1(CCC(NC(=O)OC(C)(C)C)C(=O)O)COC1. The molecule has 1 atom stereocenters. The number of hydrogen-bond acceptors (Lipinski definition) is 5. The molecule has 0 saturated carbocycles. The highest BCUT2D eigenvalue weighted by molar-refractivity contribution is 5.79. The van der Waals surface area contributed by atoms with Crippen LogP contribution in [-0.2, 0) is 14.3 Å². The lowest BCUT2D eigenvalue weighted by molar-refractivity contribution is -0.143. The van der Waals surface area contributed by atoms with Gasteiger partial charge in [0.25, 0.3) is 0 Å². The van der Waals surface area contributed by atoms with Gasteiger partial charge in [0.1, 0.15) is 11.6 Å². The number of carbonyl (C=O) groups is 2. The van der Waals surface area contributed by atoms with Crippen molar-refractivity contribution < 1.29 is 24.2 Å². The Labute approximate surface area is 125 Å². The molecule has 1 heterocycles. The van der Waals surface area contributed by atoms with Gasteiger partial charge in [-0.05, 0) is 47.7 Å². The third-order valence-corrected chi connectivity index (χ3v) is 3.58. The molecule has 0 radical (unpaired) electrons. The van der Waals surface area contributed by atoms with Gasteiger partial charge in [0.2, 0.25) is 0 Å². The van der Waals surface area contributed by atoms with Crippen LogP contribution in [0.25, 0.3) is 0 Å². The van der Waals surface area contributed by atoms with Crippen LogP contribution < -0.4 is 5.32 Å². The van der Waals surface area contributed by atoms with Crippen LogP contribution >= 0.6 is 0 Å². The maximum absolute atomic E-state index is 11.7. The molecule has 1 aliphatic heterocycles. The first-order chi connectivity index (χ1) is 9.56. The minimum absolute atomic E-state index is 0.136. The number of ether oxygens (including phenoxy) is 2. The summed E-state index contributed by atoms with van der Waals surface area (Å²) < 4.78 is 10.3. The number of hydrogen-bond donors (Lipinski definition) is 2. The van der Waals surface area contributed by atoms with Crippen LogP contribution in [0.15, 0.2) is 0 Å². The normalized spacial score (nSPS) is 18.8. The Morgan fingerprint density at radius 2 is 1.95 bits per heavy atom. The maximum Gasteiger partial charge on any atom is 0.408 e. The quantitative estimate of drug-likeness (QED) is 0.763. The zero-order valence-electron chi connectivity index (χ0n) is 13.4. The highest BCUT2D eigenvalue weighted by Gasteiger charge is 2.41. The van der Waals surface area contributed by atoms with E-state index in [-0.39, 0.29) is 5.54 Å². The summed E-state index contributed by atoms with van der Waals surface area (Å²) in [5.41, 5.74) is -0.789. The van der Waals surface area contributed by atoms with Gasteiger partial charge in [-0.1, -0.05) is 0 Å². The molecule has 2 N–H and O–H groups in total. The van der Waals surface area contributed by atoms with Crippen molar-refractivity contribution in [3.8, 4) is 0 Å². The largest absolute Gasteiger partial charge is 0.480 e. The predicted molar refractivity (Wildman–Crippen MR) is 77.3 cm³/mol. The maximum atomic E-state index is 11.7. The Morgan fingerprint density at radius 3 is 2.29 bits per heavy atom. The van der Waals surface area contributed by atoms with Gasteiger partial charge in [-0.3, -0.25) is 4.90 Å². The first kappa shape index (κ1) is 17.7. The van der Waals surface area contributed by atoms with Crippen LogP contribution in [0.2, 0.25) is 0 Å². The smallest absolute Gasteiger partial charge is 0.408 e. The zero-order chi connectivity index (χ0) is 16.3. The van der Waals surface area contributed by atoms with Crippen LogP contribution in [0, 0.1) is 0 Å². The average molecular weight is 302 g/mol. The molecule has 0 spiro atoms. The minimum atomic E-state index is -1.06. The number of rotatable bonds is 6. The van der Waals surface area contributed by atoms with Gasteiger partial charge in [0.15, 0.2) is 0 Å². The van der Waals surface area contributed by atoms with Crippen LogP contribution in [-0.4, -0.2) is 66.6 Å². The number of carbonyl (C=O) groups excluding carboxylic acids is 1.